The van der Waals surface area contributed by atoms with Crippen LogP contribution in [-0.4, -0.2) is 46.6 Å². The number of aromatic nitrogens is 1. The van der Waals surface area contributed by atoms with Crippen molar-refractivity contribution in [1.82, 2.24) is 9.88 Å². The second-order valence-electron chi connectivity index (χ2n) is 4.48. The van der Waals surface area contributed by atoms with Gasteiger partial charge in [-0.05, 0) is 20.3 Å². The number of anilines is 2. The van der Waals surface area contributed by atoms with Gasteiger partial charge in [0.05, 0.1) is 6.61 Å². The highest BCUT2D eigenvalue weighted by Crippen LogP contribution is 2.26. The standard InChI is InChI=1S/C12H22N4O2S/c1-4-5-14-12-15-10(13)9(19-12)11(18)16(6-7-17)8(2)3/h8,17H,4-7,13H2,1-3H3,(H,14,15). The summed E-state index contributed by atoms with van der Waals surface area (Å²) in [4.78, 5) is 18.5. The molecule has 7 heteroatoms. The highest BCUT2D eigenvalue weighted by atomic mass is 32.1. The Balaban J connectivity index is 2.88. The van der Waals surface area contributed by atoms with Crippen LogP contribution in [0.3, 0.4) is 0 Å². The molecule has 0 aliphatic rings. The summed E-state index contributed by atoms with van der Waals surface area (Å²) < 4.78 is 0. The topological polar surface area (TPSA) is 91.5 Å². The molecule has 108 valence electrons. The molecule has 1 aromatic rings. The van der Waals surface area contributed by atoms with Gasteiger partial charge in [0.2, 0.25) is 0 Å². The van der Waals surface area contributed by atoms with Gasteiger partial charge in [-0.2, -0.15) is 0 Å². The molecule has 1 heterocycles. The zero-order valence-electron chi connectivity index (χ0n) is 11.6. The van der Waals surface area contributed by atoms with E-state index >= 15 is 0 Å². The fourth-order valence-electron chi connectivity index (χ4n) is 1.63. The van der Waals surface area contributed by atoms with E-state index in [0.29, 0.717) is 16.6 Å². The molecular weight excluding hydrogens is 264 g/mol. The van der Waals surface area contributed by atoms with E-state index in [9.17, 15) is 4.79 Å². The van der Waals surface area contributed by atoms with Crippen molar-refractivity contribution in [3.05, 3.63) is 4.88 Å². The molecular formula is C12H22N4O2S. The molecule has 0 spiro atoms. The first-order chi connectivity index (χ1) is 9.01. The quantitative estimate of drug-likeness (QED) is 0.704. The van der Waals surface area contributed by atoms with Crippen LogP contribution < -0.4 is 11.1 Å². The molecule has 1 aromatic heterocycles. The van der Waals surface area contributed by atoms with E-state index in [1.807, 2.05) is 13.8 Å². The van der Waals surface area contributed by atoms with Crippen LogP contribution in [0, 0.1) is 0 Å². The maximum atomic E-state index is 12.4. The summed E-state index contributed by atoms with van der Waals surface area (Å²) in [5.41, 5.74) is 5.80. The second kappa shape index (κ2) is 7.30. The van der Waals surface area contributed by atoms with Gasteiger partial charge < -0.3 is 21.1 Å². The van der Waals surface area contributed by atoms with E-state index in [0.717, 1.165) is 13.0 Å². The largest absolute Gasteiger partial charge is 0.395 e. The summed E-state index contributed by atoms with van der Waals surface area (Å²) in [5, 5.41) is 12.8. The van der Waals surface area contributed by atoms with E-state index in [1.165, 1.54) is 11.3 Å². The van der Waals surface area contributed by atoms with Crippen LogP contribution in [0.2, 0.25) is 0 Å². The monoisotopic (exact) mass is 286 g/mol. The van der Waals surface area contributed by atoms with Crippen LogP contribution in [0.4, 0.5) is 10.9 Å². The number of hydrogen-bond acceptors (Lipinski definition) is 6. The van der Waals surface area contributed by atoms with Crippen molar-refractivity contribution in [2.75, 3.05) is 30.7 Å². The Kier molecular flexibility index (Phi) is 6.04. The lowest BCUT2D eigenvalue weighted by molar-refractivity contribution is 0.0671. The average molecular weight is 286 g/mol. The van der Waals surface area contributed by atoms with E-state index in [2.05, 4.69) is 17.2 Å². The molecule has 1 rings (SSSR count). The number of rotatable bonds is 7. The maximum Gasteiger partial charge on any atom is 0.268 e. The molecule has 0 aromatic carbocycles. The molecule has 0 radical (unpaired) electrons. The molecule has 0 atom stereocenters. The highest BCUT2D eigenvalue weighted by Gasteiger charge is 2.23. The lowest BCUT2D eigenvalue weighted by Crippen LogP contribution is -2.38. The average Bonchev–Trinajstić information content (AvgIpc) is 2.73. The van der Waals surface area contributed by atoms with Crippen molar-refractivity contribution < 1.29 is 9.90 Å². The number of aliphatic hydroxyl groups excluding tert-OH is 1. The van der Waals surface area contributed by atoms with Crippen molar-refractivity contribution in [2.24, 2.45) is 0 Å². The third kappa shape index (κ3) is 4.07. The molecule has 0 aliphatic heterocycles. The van der Waals surface area contributed by atoms with Crippen molar-refractivity contribution in [3.63, 3.8) is 0 Å². The Morgan fingerprint density at radius 1 is 1.58 bits per heavy atom. The van der Waals surface area contributed by atoms with Gasteiger partial charge in [0, 0.05) is 19.1 Å². The molecule has 0 saturated carbocycles. The van der Waals surface area contributed by atoms with Gasteiger partial charge >= 0.3 is 0 Å². The number of amides is 1. The van der Waals surface area contributed by atoms with Gasteiger partial charge in [0.15, 0.2) is 5.13 Å². The summed E-state index contributed by atoms with van der Waals surface area (Å²) in [7, 11) is 0. The summed E-state index contributed by atoms with van der Waals surface area (Å²) in [6, 6.07) is 0.00759. The fourth-order valence-corrected chi connectivity index (χ4v) is 2.49. The predicted molar refractivity (Wildman–Crippen MR) is 78.6 cm³/mol. The van der Waals surface area contributed by atoms with Gasteiger partial charge in [-0.1, -0.05) is 18.3 Å². The third-order valence-corrected chi connectivity index (χ3v) is 3.62. The Morgan fingerprint density at radius 3 is 2.79 bits per heavy atom. The van der Waals surface area contributed by atoms with Crippen molar-refractivity contribution in [1.29, 1.82) is 0 Å². The third-order valence-electron chi connectivity index (χ3n) is 2.60. The number of carbonyl (C=O) groups excluding carboxylic acids is 1. The first-order valence-electron chi connectivity index (χ1n) is 6.43. The molecule has 0 aliphatic carbocycles. The Labute approximate surface area is 117 Å². The molecule has 0 unspecified atom stereocenters. The van der Waals surface area contributed by atoms with Crippen LogP contribution in [-0.2, 0) is 0 Å². The Bertz CT molecular complexity index is 420. The van der Waals surface area contributed by atoms with Gasteiger partial charge in [-0.3, -0.25) is 4.79 Å². The summed E-state index contributed by atoms with van der Waals surface area (Å²) >= 11 is 1.26. The normalized spacial score (nSPS) is 10.8. The number of thiazole rings is 1. The predicted octanol–water partition coefficient (Wildman–Crippen LogP) is 1.39. The van der Waals surface area contributed by atoms with Crippen molar-refractivity contribution >= 4 is 28.2 Å². The summed E-state index contributed by atoms with van der Waals surface area (Å²) in [5.74, 6) is 0.0702. The van der Waals surface area contributed by atoms with Crippen LogP contribution in [0.1, 0.15) is 36.9 Å². The van der Waals surface area contributed by atoms with Gasteiger partial charge in [0.25, 0.3) is 5.91 Å². The number of hydrogen-bond donors (Lipinski definition) is 3. The fraction of sp³-hybridized carbons (Fsp3) is 0.667. The lowest BCUT2D eigenvalue weighted by atomic mass is 10.3. The Morgan fingerprint density at radius 2 is 2.26 bits per heavy atom. The first kappa shape index (κ1) is 15.7. The van der Waals surface area contributed by atoms with E-state index in [1.54, 1.807) is 4.90 Å². The molecule has 1 amide bonds. The minimum absolute atomic E-state index is 0.00759. The molecule has 4 N–H and O–H groups in total. The zero-order chi connectivity index (χ0) is 14.4. The minimum atomic E-state index is -0.177. The van der Waals surface area contributed by atoms with Gasteiger partial charge in [-0.25, -0.2) is 4.98 Å². The summed E-state index contributed by atoms with van der Waals surface area (Å²) in [6.45, 7) is 6.89. The number of carbonyl (C=O) groups is 1. The maximum absolute atomic E-state index is 12.4. The van der Waals surface area contributed by atoms with Crippen LogP contribution in [0.5, 0.6) is 0 Å². The zero-order valence-corrected chi connectivity index (χ0v) is 12.5. The van der Waals surface area contributed by atoms with Crippen LogP contribution >= 0.6 is 11.3 Å². The van der Waals surface area contributed by atoms with E-state index in [-0.39, 0.29) is 24.4 Å². The number of aliphatic hydroxyl groups is 1. The molecule has 0 bridgehead atoms. The molecule has 6 nitrogen and oxygen atoms in total. The van der Waals surface area contributed by atoms with E-state index in [4.69, 9.17) is 10.8 Å². The minimum Gasteiger partial charge on any atom is -0.395 e. The number of nitrogens with two attached hydrogens (primary N) is 1. The second-order valence-corrected chi connectivity index (χ2v) is 5.48. The SMILES string of the molecule is CCCNc1nc(N)c(C(=O)N(CCO)C(C)C)s1. The smallest absolute Gasteiger partial charge is 0.268 e. The van der Waals surface area contributed by atoms with Crippen molar-refractivity contribution in [3.8, 4) is 0 Å². The molecule has 0 fully saturated rings. The van der Waals surface area contributed by atoms with Crippen LogP contribution in [0.25, 0.3) is 0 Å². The van der Waals surface area contributed by atoms with Crippen molar-refractivity contribution in [2.45, 2.75) is 33.2 Å². The number of nitrogens with zero attached hydrogens (tertiary/aromatic N) is 2. The van der Waals surface area contributed by atoms with E-state index < -0.39 is 0 Å². The molecule has 19 heavy (non-hydrogen) atoms. The van der Waals surface area contributed by atoms with Crippen LogP contribution in [0.15, 0.2) is 0 Å². The number of nitrogens with one attached hydrogen (secondary N) is 1. The Hall–Kier alpha value is -1.34. The first-order valence-corrected chi connectivity index (χ1v) is 7.24. The molecule has 0 saturated heterocycles. The highest BCUT2D eigenvalue weighted by molar-refractivity contribution is 7.18. The number of nitrogen functional groups attached to an aromatic ring is 1. The van der Waals surface area contributed by atoms with Gasteiger partial charge in [-0.15, -0.1) is 0 Å². The lowest BCUT2D eigenvalue weighted by Gasteiger charge is -2.25. The van der Waals surface area contributed by atoms with Gasteiger partial charge in [0.1, 0.15) is 10.7 Å². The summed E-state index contributed by atoms with van der Waals surface area (Å²) in [6.07, 6.45) is 0.978.